The number of para-hydroxylation sites is 5. The van der Waals surface area contributed by atoms with Gasteiger partial charge >= 0.3 is 0 Å². The SMILES string of the molecule is Cc1cc(Nc2ncnc3ccccc23)n[nH]1.[Ac].[NH-]c1ccc(Nc2nc(Nc3ccn[nH]3)c3ccccc3n2)cc1.c1ccc(Nc2nc(Nc3ccn[nH]3)c3ccccc3n2)cc1.c1ccc2c(Nc3ccn[nH]3)ncnc2c1. The van der Waals surface area contributed by atoms with Gasteiger partial charge in [0.05, 0.1) is 40.7 Å². The van der Waals surface area contributed by atoms with Gasteiger partial charge in [-0.1, -0.05) is 78.9 Å². The smallest absolute Gasteiger partial charge is 0.229 e. The van der Waals surface area contributed by atoms with Crippen molar-refractivity contribution in [3.8, 4) is 0 Å². The van der Waals surface area contributed by atoms with E-state index in [1.165, 1.54) is 0 Å². The van der Waals surface area contributed by atoms with Gasteiger partial charge in [-0.25, -0.2) is 29.9 Å². The van der Waals surface area contributed by atoms with Crippen LogP contribution in [0.2, 0.25) is 0 Å². The van der Waals surface area contributed by atoms with E-state index in [-0.39, 0.29) is 44.1 Å². The Morgan fingerprint density at radius 3 is 1.22 bits per heavy atom. The zero-order valence-corrected chi connectivity index (χ0v) is 47.8. The maximum atomic E-state index is 7.54. The number of aryl methyl sites for hydroxylation is 1. The van der Waals surface area contributed by atoms with Crippen molar-refractivity contribution in [3.05, 3.63) is 219 Å². The molecule has 24 heteroatoms. The van der Waals surface area contributed by atoms with E-state index in [4.69, 9.17) is 5.73 Å². The average Bonchev–Trinajstić information content (AvgIpc) is 4.43. The van der Waals surface area contributed by atoms with Crippen molar-refractivity contribution in [1.29, 1.82) is 0 Å². The number of nitrogens with zero attached hydrogens (tertiary/aromatic N) is 12. The van der Waals surface area contributed by atoms with Crippen LogP contribution in [0.15, 0.2) is 207 Å². The molecule has 6 aromatic carbocycles. The van der Waals surface area contributed by atoms with Crippen LogP contribution >= 0.6 is 0 Å². The van der Waals surface area contributed by atoms with Gasteiger partial charge in [0.25, 0.3) is 0 Å². The van der Waals surface area contributed by atoms with Gasteiger partial charge < -0.3 is 37.6 Å². The Morgan fingerprint density at radius 2 is 0.778 bits per heavy atom. The van der Waals surface area contributed by atoms with Crippen LogP contribution < -0.4 is 31.9 Å². The molecule has 8 aromatic heterocycles. The summed E-state index contributed by atoms with van der Waals surface area (Å²) < 4.78 is 0. The van der Waals surface area contributed by atoms with Crippen LogP contribution in [-0.2, 0) is 0 Å². The zero-order chi connectivity index (χ0) is 54.3. The van der Waals surface area contributed by atoms with Gasteiger partial charge in [-0.2, -0.15) is 30.4 Å². The summed E-state index contributed by atoms with van der Waals surface area (Å²) in [5, 5.41) is 50.3. The molecular formula is C57H48AcN23-. The van der Waals surface area contributed by atoms with Crippen LogP contribution in [0.25, 0.3) is 49.3 Å². The van der Waals surface area contributed by atoms with Gasteiger partial charge in [0, 0.05) is 107 Å². The summed E-state index contributed by atoms with van der Waals surface area (Å²) in [6.45, 7) is 1.95. The third kappa shape index (κ3) is 14.2. The third-order valence-corrected chi connectivity index (χ3v) is 11.7. The van der Waals surface area contributed by atoms with Crippen LogP contribution in [0, 0.1) is 51.0 Å². The fraction of sp³-hybridized carbons (Fsp3) is 0.0175. The number of benzene rings is 6. The molecule has 0 bridgehead atoms. The molecule has 0 spiro atoms. The van der Waals surface area contributed by atoms with Gasteiger partial charge in [-0.05, 0) is 79.7 Å². The fourth-order valence-electron chi connectivity index (χ4n) is 7.96. The summed E-state index contributed by atoms with van der Waals surface area (Å²) in [6, 6.07) is 55.7. The maximum absolute atomic E-state index is 7.54. The maximum Gasteiger partial charge on any atom is 0.229 e. The minimum absolute atomic E-state index is 0. The van der Waals surface area contributed by atoms with E-state index in [0.29, 0.717) is 23.4 Å². The van der Waals surface area contributed by atoms with E-state index in [0.717, 1.165) is 101 Å². The Balaban J connectivity index is 0.000000122. The molecule has 8 heterocycles. The minimum Gasteiger partial charge on any atom is -0.699 e. The first-order valence-electron chi connectivity index (χ1n) is 24.8. The predicted octanol–water partition coefficient (Wildman–Crippen LogP) is 12.9. The van der Waals surface area contributed by atoms with Crippen molar-refractivity contribution >= 4 is 119 Å². The van der Waals surface area contributed by atoms with Crippen molar-refractivity contribution in [2.24, 2.45) is 0 Å². The number of H-pyrrole nitrogens is 4. The first-order chi connectivity index (χ1) is 39.4. The molecule has 14 rings (SSSR count). The van der Waals surface area contributed by atoms with E-state index < -0.39 is 0 Å². The second-order valence-corrected chi connectivity index (χ2v) is 17.3. The molecule has 395 valence electrons. The molecule has 11 N–H and O–H groups in total. The molecule has 23 nitrogen and oxygen atoms in total. The molecule has 0 aliphatic carbocycles. The quantitative estimate of drug-likeness (QED) is 0.0543. The number of aromatic amines is 4. The third-order valence-electron chi connectivity index (χ3n) is 11.7. The van der Waals surface area contributed by atoms with Crippen molar-refractivity contribution < 1.29 is 44.1 Å². The second-order valence-electron chi connectivity index (χ2n) is 17.3. The van der Waals surface area contributed by atoms with Crippen molar-refractivity contribution in [1.82, 2.24) is 80.7 Å². The van der Waals surface area contributed by atoms with E-state index in [9.17, 15) is 0 Å². The molecular weight excluding hydrogens is 1230 g/mol. The number of nitrogens with one attached hydrogen (secondary N) is 11. The van der Waals surface area contributed by atoms with E-state index >= 15 is 0 Å². The molecule has 0 saturated heterocycles. The first kappa shape index (κ1) is 53.9. The number of fused-ring (bicyclic) bond motifs is 4. The van der Waals surface area contributed by atoms with Crippen LogP contribution in [-0.4, -0.2) is 80.7 Å². The molecule has 1 radical (unpaired) electrons. The van der Waals surface area contributed by atoms with Crippen molar-refractivity contribution in [2.45, 2.75) is 6.92 Å². The molecule has 0 atom stereocenters. The van der Waals surface area contributed by atoms with Crippen LogP contribution in [0.1, 0.15) is 5.69 Å². The average molecular weight is 1280 g/mol. The van der Waals surface area contributed by atoms with Gasteiger partial charge in [-0.3, -0.25) is 20.4 Å². The second kappa shape index (κ2) is 26.3. The Kier molecular flexibility index (Phi) is 17.5. The van der Waals surface area contributed by atoms with Gasteiger partial charge in [0.2, 0.25) is 11.9 Å². The van der Waals surface area contributed by atoms with Crippen molar-refractivity contribution in [2.75, 3.05) is 31.9 Å². The number of hydrogen-bond acceptors (Lipinski definition) is 18. The number of hydrogen-bond donors (Lipinski definition) is 10. The predicted molar refractivity (Wildman–Crippen MR) is 314 cm³/mol. The van der Waals surface area contributed by atoms with E-state index in [1.54, 1.807) is 43.4 Å². The van der Waals surface area contributed by atoms with Crippen molar-refractivity contribution in [3.63, 3.8) is 0 Å². The number of anilines is 12. The van der Waals surface area contributed by atoms with E-state index in [2.05, 4.69) is 113 Å². The van der Waals surface area contributed by atoms with Crippen LogP contribution in [0.4, 0.5) is 75.5 Å². The molecule has 0 fully saturated rings. The Hall–Kier alpha value is -10.4. The Morgan fingerprint density at radius 1 is 0.370 bits per heavy atom. The van der Waals surface area contributed by atoms with Crippen LogP contribution in [0.5, 0.6) is 0 Å². The molecule has 0 aliphatic rings. The summed E-state index contributed by atoms with van der Waals surface area (Å²) in [4.78, 5) is 35.1. The fourth-order valence-corrected chi connectivity index (χ4v) is 7.96. The summed E-state index contributed by atoms with van der Waals surface area (Å²) in [5.41, 5.74) is 14.3. The van der Waals surface area contributed by atoms with Gasteiger partial charge in [0.15, 0.2) is 5.82 Å². The van der Waals surface area contributed by atoms with Crippen LogP contribution in [0.3, 0.4) is 0 Å². The summed E-state index contributed by atoms with van der Waals surface area (Å²) in [5.74, 6) is 7.06. The summed E-state index contributed by atoms with van der Waals surface area (Å²) in [7, 11) is 0. The molecule has 0 amide bonds. The monoisotopic (exact) mass is 1280 g/mol. The molecule has 0 unspecified atom stereocenters. The number of aromatic nitrogens is 16. The summed E-state index contributed by atoms with van der Waals surface area (Å²) in [6.07, 6.45) is 8.14. The van der Waals surface area contributed by atoms with Gasteiger partial charge in [-0.15, -0.1) is 5.69 Å². The molecule has 81 heavy (non-hydrogen) atoms. The molecule has 0 aliphatic heterocycles. The normalized spacial score (nSPS) is 10.5. The van der Waals surface area contributed by atoms with E-state index in [1.807, 2.05) is 171 Å². The standard InChI is InChI=1S/C17H14N7.C17H14N6.C12H11N5.C11H9N5.Ac/c18-11-5-7-12(8-6-11)20-17-21-14-4-2-1-3-13(14)16(23-17)22-15-9-10-19-24-15;1-2-6-12(7-3-1)19-17-20-14-9-5-4-8-13(14)16(22-17)21-15-10-11-18-23-15;1-8-6-11(17-16-8)15-12-9-4-2-3-5-10(9)13-7-14-12;1-2-4-9-8(3-1)11(13-7-12-9)15-10-5-6-14-16-10;/h1-10,18H,(H3,19,20,21,22,23,24);1-11H,(H3,18,19,20,21,22,23);2-7H,1H3,(H2,13,14,15,16,17);1-7H,(H2,12,13,14,15,16);/q-1;;;;. The molecule has 0 saturated carbocycles. The topological polar surface area (TPSA) is 314 Å². The molecule has 14 aromatic rings. The minimum atomic E-state index is 0. The number of rotatable bonds is 12. The zero-order valence-electron chi connectivity index (χ0n) is 43.1. The largest absolute Gasteiger partial charge is 0.699 e. The Labute approximate surface area is 497 Å². The summed E-state index contributed by atoms with van der Waals surface area (Å²) >= 11 is 0. The van der Waals surface area contributed by atoms with Gasteiger partial charge in [0.1, 0.15) is 53.4 Å². The Bertz CT molecular complexity index is 4230. The first-order valence-corrected chi connectivity index (χ1v) is 24.8.